The lowest BCUT2D eigenvalue weighted by Crippen LogP contribution is -2.30. The van der Waals surface area contributed by atoms with E-state index in [1.807, 2.05) is 42.5 Å². The number of allylic oxidation sites excluding steroid dienone is 1. The van der Waals surface area contributed by atoms with Gasteiger partial charge in [-0.05, 0) is 18.4 Å². The molecule has 0 aromatic heterocycles. The lowest BCUT2D eigenvalue weighted by Gasteiger charge is -2.24. The number of hydrogen-bond acceptors (Lipinski definition) is 2. The van der Waals surface area contributed by atoms with Gasteiger partial charge in [0.2, 0.25) is 0 Å². The van der Waals surface area contributed by atoms with Crippen LogP contribution in [0.3, 0.4) is 0 Å². The van der Waals surface area contributed by atoms with Gasteiger partial charge in [0, 0.05) is 0 Å². The van der Waals surface area contributed by atoms with E-state index in [9.17, 15) is 4.79 Å². The fourth-order valence-corrected chi connectivity index (χ4v) is 2.01. The van der Waals surface area contributed by atoms with Crippen molar-refractivity contribution in [2.75, 3.05) is 0 Å². The molecular formula is C14H16O3. The van der Waals surface area contributed by atoms with Crippen molar-refractivity contribution in [3.05, 3.63) is 48.0 Å². The van der Waals surface area contributed by atoms with Crippen LogP contribution in [0.5, 0.6) is 0 Å². The number of aliphatic carboxylic acids is 1. The Kier molecular flexibility index (Phi) is 3.94. The molecule has 0 saturated heterocycles. The largest absolute Gasteiger partial charge is 0.481 e. The van der Waals surface area contributed by atoms with Crippen molar-refractivity contribution in [2.45, 2.75) is 25.6 Å². The van der Waals surface area contributed by atoms with Crippen LogP contribution in [0, 0.1) is 5.92 Å². The fraction of sp³-hybridized carbons (Fsp3) is 0.357. The zero-order chi connectivity index (χ0) is 12.1. The first kappa shape index (κ1) is 11.9. The Balaban J connectivity index is 1.95. The van der Waals surface area contributed by atoms with Gasteiger partial charge < -0.3 is 9.84 Å². The van der Waals surface area contributed by atoms with Crippen LogP contribution < -0.4 is 0 Å². The first-order valence-corrected chi connectivity index (χ1v) is 5.82. The van der Waals surface area contributed by atoms with Crippen LogP contribution in [0.1, 0.15) is 18.4 Å². The Bertz CT molecular complexity index is 397. The van der Waals surface area contributed by atoms with Gasteiger partial charge in [-0.1, -0.05) is 42.5 Å². The molecule has 0 heterocycles. The molecule has 3 nitrogen and oxygen atoms in total. The van der Waals surface area contributed by atoms with E-state index in [1.54, 1.807) is 0 Å². The van der Waals surface area contributed by atoms with Gasteiger partial charge in [-0.25, -0.2) is 0 Å². The van der Waals surface area contributed by atoms with E-state index in [-0.39, 0.29) is 6.10 Å². The number of carboxylic acid groups (broad SMARTS) is 1. The highest BCUT2D eigenvalue weighted by atomic mass is 16.5. The highest BCUT2D eigenvalue weighted by Crippen LogP contribution is 2.22. The quantitative estimate of drug-likeness (QED) is 0.812. The second-order valence-electron chi connectivity index (χ2n) is 4.21. The van der Waals surface area contributed by atoms with Gasteiger partial charge in [0.25, 0.3) is 0 Å². The van der Waals surface area contributed by atoms with E-state index in [2.05, 4.69) is 0 Å². The van der Waals surface area contributed by atoms with E-state index in [0.717, 1.165) is 12.0 Å². The maximum absolute atomic E-state index is 11.1. The standard InChI is InChI=1S/C14H16O3/c15-14(16)12-8-4-5-9-13(12)17-10-11-6-2-1-3-7-11/h1-3,5-7,9,12-13H,4,8,10H2,(H,15,16)/t12-,13+/m0/s1. The molecule has 1 aliphatic carbocycles. The lowest BCUT2D eigenvalue weighted by molar-refractivity contribution is -0.147. The van der Waals surface area contributed by atoms with Crippen molar-refractivity contribution < 1.29 is 14.6 Å². The van der Waals surface area contributed by atoms with Gasteiger partial charge in [-0.2, -0.15) is 0 Å². The monoisotopic (exact) mass is 232 g/mol. The summed E-state index contributed by atoms with van der Waals surface area (Å²) in [5.41, 5.74) is 1.07. The first-order chi connectivity index (χ1) is 8.27. The smallest absolute Gasteiger partial charge is 0.309 e. The molecule has 90 valence electrons. The third kappa shape index (κ3) is 3.17. The minimum absolute atomic E-state index is 0.304. The summed E-state index contributed by atoms with van der Waals surface area (Å²) in [6, 6.07) is 9.79. The second kappa shape index (κ2) is 5.64. The van der Waals surface area contributed by atoms with Crippen molar-refractivity contribution in [1.82, 2.24) is 0 Å². The van der Waals surface area contributed by atoms with Gasteiger partial charge in [-0.15, -0.1) is 0 Å². The number of hydrogen-bond donors (Lipinski definition) is 1. The number of carbonyl (C=O) groups is 1. The highest BCUT2D eigenvalue weighted by Gasteiger charge is 2.28. The summed E-state index contributed by atoms with van der Waals surface area (Å²) in [6.45, 7) is 0.458. The van der Waals surface area contributed by atoms with Crippen LogP contribution >= 0.6 is 0 Å². The summed E-state index contributed by atoms with van der Waals surface area (Å²) in [5, 5.41) is 9.09. The third-order valence-electron chi connectivity index (χ3n) is 2.97. The summed E-state index contributed by atoms with van der Waals surface area (Å²) in [5.74, 6) is -1.18. The predicted molar refractivity (Wildman–Crippen MR) is 64.5 cm³/mol. The molecule has 0 amide bonds. The van der Waals surface area contributed by atoms with E-state index < -0.39 is 11.9 Å². The molecule has 1 aliphatic rings. The van der Waals surface area contributed by atoms with Crippen molar-refractivity contribution in [1.29, 1.82) is 0 Å². The van der Waals surface area contributed by atoms with Gasteiger partial charge in [0.15, 0.2) is 0 Å². The molecule has 0 bridgehead atoms. The highest BCUT2D eigenvalue weighted by molar-refractivity contribution is 5.71. The first-order valence-electron chi connectivity index (χ1n) is 5.82. The number of rotatable bonds is 4. The molecule has 0 spiro atoms. The van der Waals surface area contributed by atoms with Crippen molar-refractivity contribution >= 4 is 5.97 Å². The Morgan fingerprint density at radius 3 is 2.82 bits per heavy atom. The molecule has 0 radical (unpaired) electrons. The topological polar surface area (TPSA) is 46.5 Å². The SMILES string of the molecule is O=C(O)[C@H]1CCC=C[C@H]1OCc1ccccc1. The van der Waals surface area contributed by atoms with Crippen LogP contribution in [-0.4, -0.2) is 17.2 Å². The maximum Gasteiger partial charge on any atom is 0.309 e. The minimum atomic E-state index is -0.771. The van der Waals surface area contributed by atoms with Gasteiger partial charge in [0.05, 0.1) is 18.6 Å². The van der Waals surface area contributed by atoms with Crippen LogP contribution in [0.2, 0.25) is 0 Å². The number of ether oxygens (including phenoxy) is 1. The molecule has 3 heteroatoms. The summed E-state index contributed by atoms with van der Waals surface area (Å²) >= 11 is 0. The van der Waals surface area contributed by atoms with E-state index >= 15 is 0 Å². The predicted octanol–water partition coefficient (Wildman–Crippen LogP) is 2.62. The van der Waals surface area contributed by atoms with E-state index in [0.29, 0.717) is 13.0 Å². The van der Waals surface area contributed by atoms with Crippen molar-refractivity contribution in [3.8, 4) is 0 Å². The van der Waals surface area contributed by atoms with Crippen molar-refractivity contribution in [2.24, 2.45) is 5.92 Å². The molecule has 2 rings (SSSR count). The minimum Gasteiger partial charge on any atom is -0.481 e. The zero-order valence-corrected chi connectivity index (χ0v) is 9.58. The van der Waals surface area contributed by atoms with Crippen molar-refractivity contribution in [3.63, 3.8) is 0 Å². The molecule has 2 atom stereocenters. The average molecular weight is 232 g/mol. The Morgan fingerprint density at radius 2 is 2.12 bits per heavy atom. The van der Waals surface area contributed by atoms with Gasteiger partial charge in [-0.3, -0.25) is 4.79 Å². The third-order valence-corrected chi connectivity index (χ3v) is 2.97. The lowest BCUT2D eigenvalue weighted by atomic mass is 9.92. The van der Waals surface area contributed by atoms with Gasteiger partial charge >= 0.3 is 5.97 Å². The molecule has 0 saturated carbocycles. The Labute approximate surface area is 101 Å². The molecule has 17 heavy (non-hydrogen) atoms. The summed E-state index contributed by atoms with van der Waals surface area (Å²) < 4.78 is 5.68. The van der Waals surface area contributed by atoms with Crippen LogP contribution in [0.25, 0.3) is 0 Å². The van der Waals surface area contributed by atoms with E-state index in [4.69, 9.17) is 9.84 Å². The molecular weight excluding hydrogens is 216 g/mol. The van der Waals surface area contributed by atoms with Gasteiger partial charge in [0.1, 0.15) is 0 Å². The van der Waals surface area contributed by atoms with E-state index in [1.165, 1.54) is 0 Å². The summed E-state index contributed by atoms with van der Waals surface area (Å²) in [7, 11) is 0. The molecule has 1 aromatic carbocycles. The molecule has 0 unspecified atom stereocenters. The molecule has 1 aromatic rings. The normalized spacial score (nSPS) is 23.5. The van der Waals surface area contributed by atoms with Crippen LogP contribution in [0.15, 0.2) is 42.5 Å². The Morgan fingerprint density at radius 1 is 1.35 bits per heavy atom. The summed E-state index contributed by atoms with van der Waals surface area (Å²) in [6.07, 6.45) is 5.04. The zero-order valence-electron chi connectivity index (χ0n) is 9.58. The Hall–Kier alpha value is -1.61. The number of benzene rings is 1. The molecule has 1 N–H and O–H groups in total. The summed E-state index contributed by atoms with van der Waals surface area (Å²) in [4.78, 5) is 11.1. The van der Waals surface area contributed by atoms with Crippen LogP contribution in [0.4, 0.5) is 0 Å². The second-order valence-corrected chi connectivity index (χ2v) is 4.21. The average Bonchev–Trinajstić information content (AvgIpc) is 2.38. The molecule has 0 aliphatic heterocycles. The molecule has 0 fully saturated rings. The maximum atomic E-state index is 11.1. The number of carboxylic acids is 1. The van der Waals surface area contributed by atoms with Crippen LogP contribution in [-0.2, 0) is 16.1 Å². The fourth-order valence-electron chi connectivity index (χ4n) is 2.01.